The van der Waals surface area contributed by atoms with Gasteiger partial charge in [0.2, 0.25) is 15.9 Å². The van der Waals surface area contributed by atoms with Crippen LogP contribution in [-0.2, 0) is 23.0 Å². The van der Waals surface area contributed by atoms with Gasteiger partial charge in [-0.05, 0) is 42.3 Å². The summed E-state index contributed by atoms with van der Waals surface area (Å²) in [6.07, 6.45) is 0.812. The van der Waals surface area contributed by atoms with E-state index in [1.165, 1.54) is 4.31 Å². The highest BCUT2D eigenvalue weighted by molar-refractivity contribution is 7.89. The first kappa shape index (κ1) is 16.1. The van der Waals surface area contributed by atoms with E-state index in [2.05, 4.69) is 9.88 Å². The Morgan fingerprint density at radius 3 is 2.76 bits per heavy atom. The molecule has 0 bridgehead atoms. The highest BCUT2D eigenvalue weighted by atomic mass is 32.2. The summed E-state index contributed by atoms with van der Waals surface area (Å²) in [5.74, 6) is 0.666. The minimum atomic E-state index is -3.41. The molecule has 0 atom stereocenters. The van der Waals surface area contributed by atoms with Gasteiger partial charge in [0.1, 0.15) is 5.52 Å². The van der Waals surface area contributed by atoms with Crippen LogP contribution in [-0.4, -0.2) is 38.3 Å². The zero-order valence-corrected chi connectivity index (χ0v) is 15.0. The lowest BCUT2D eigenvalue weighted by molar-refractivity contribution is 0.520. The molecule has 0 unspecified atom stereocenters. The Morgan fingerprint density at radius 2 is 2.00 bits per heavy atom. The van der Waals surface area contributed by atoms with Gasteiger partial charge >= 0.3 is 0 Å². The zero-order valence-electron chi connectivity index (χ0n) is 14.1. The zero-order chi connectivity index (χ0) is 17.6. The first-order chi connectivity index (χ1) is 11.9. The molecule has 0 saturated heterocycles. The van der Waals surface area contributed by atoms with Crippen molar-refractivity contribution in [1.82, 2.24) is 9.29 Å². The number of rotatable bonds is 4. The molecule has 6 nitrogen and oxygen atoms in total. The predicted molar refractivity (Wildman–Crippen MR) is 96.1 cm³/mol. The van der Waals surface area contributed by atoms with Gasteiger partial charge in [-0.2, -0.15) is 0 Å². The van der Waals surface area contributed by atoms with Crippen LogP contribution in [0.15, 0.2) is 51.8 Å². The van der Waals surface area contributed by atoms with Crippen molar-refractivity contribution in [2.75, 3.05) is 25.5 Å². The van der Waals surface area contributed by atoms with Gasteiger partial charge in [0.25, 0.3) is 0 Å². The first-order valence-electron chi connectivity index (χ1n) is 8.10. The minimum Gasteiger partial charge on any atom is -0.439 e. The molecule has 0 aliphatic carbocycles. The molecule has 2 aromatic carbocycles. The summed E-state index contributed by atoms with van der Waals surface area (Å²) in [7, 11) is -0.321. The van der Waals surface area contributed by atoms with E-state index >= 15 is 0 Å². The summed E-state index contributed by atoms with van der Waals surface area (Å²) in [5.41, 5.74) is 3.72. The SMILES string of the molecule is CN(C)S(=O)(=O)c1ccc2c(c1)CCN2Cc1nc2ccccc2o1. The summed E-state index contributed by atoms with van der Waals surface area (Å²) in [6.45, 7) is 1.39. The van der Waals surface area contributed by atoms with E-state index in [0.717, 1.165) is 35.3 Å². The second kappa shape index (κ2) is 5.86. The largest absolute Gasteiger partial charge is 0.439 e. The van der Waals surface area contributed by atoms with Gasteiger partial charge in [-0.15, -0.1) is 0 Å². The van der Waals surface area contributed by atoms with Crippen LogP contribution >= 0.6 is 0 Å². The molecule has 4 rings (SSSR count). The van der Waals surface area contributed by atoms with Crippen molar-refractivity contribution in [3.05, 3.63) is 53.9 Å². The Balaban J connectivity index is 1.62. The van der Waals surface area contributed by atoms with E-state index in [4.69, 9.17) is 4.42 Å². The molecule has 0 amide bonds. The second-order valence-corrected chi connectivity index (χ2v) is 8.48. The summed E-state index contributed by atoms with van der Waals surface area (Å²) >= 11 is 0. The van der Waals surface area contributed by atoms with Gasteiger partial charge in [-0.1, -0.05) is 12.1 Å². The molecule has 1 aromatic heterocycles. The molecule has 2 heterocycles. The summed E-state index contributed by atoms with van der Waals surface area (Å²) in [6, 6.07) is 13.0. The third kappa shape index (κ3) is 2.79. The molecule has 25 heavy (non-hydrogen) atoms. The average molecular weight is 357 g/mol. The van der Waals surface area contributed by atoms with Crippen molar-refractivity contribution in [1.29, 1.82) is 0 Å². The van der Waals surface area contributed by atoms with Crippen LogP contribution in [0, 0.1) is 0 Å². The maximum atomic E-state index is 12.3. The van der Waals surface area contributed by atoms with Gasteiger partial charge in [-0.3, -0.25) is 0 Å². The van der Waals surface area contributed by atoms with Gasteiger partial charge in [0.05, 0.1) is 11.4 Å². The number of hydrogen-bond donors (Lipinski definition) is 0. The van der Waals surface area contributed by atoms with E-state index < -0.39 is 10.0 Å². The van der Waals surface area contributed by atoms with Gasteiger partial charge in [0, 0.05) is 26.3 Å². The number of aromatic nitrogens is 1. The Bertz CT molecular complexity index is 1010. The Hall–Kier alpha value is -2.38. The highest BCUT2D eigenvalue weighted by Gasteiger charge is 2.25. The summed E-state index contributed by atoms with van der Waals surface area (Å²) in [4.78, 5) is 7.02. The lowest BCUT2D eigenvalue weighted by atomic mass is 10.2. The number of sulfonamides is 1. The van der Waals surface area contributed by atoms with E-state index in [9.17, 15) is 8.42 Å². The predicted octanol–water partition coefficient (Wildman–Crippen LogP) is 2.64. The molecular weight excluding hydrogens is 338 g/mol. The molecule has 0 radical (unpaired) electrons. The number of benzene rings is 2. The Kier molecular flexibility index (Phi) is 3.77. The molecule has 1 aliphatic heterocycles. The van der Waals surface area contributed by atoms with Crippen molar-refractivity contribution in [3.8, 4) is 0 Å². The fourth-order valence-electron chi connectivity index (χ4n) is 3.13. The maximum Gasteiger partial charge on any atom is 0.242 e. The molecule has 1 aliphatic rings. The minimum absolute atomic E-state index is 0.333. The van der Waals surface area contributed by atoms with E-state index in [1.54, 1.807) is 26.2 Å². The van der Waals surface area contributed by atoms with Gasteiger partial charge in [-0.25, -0.2) is 17.7 Å². The fourth-order valence-corrected chi connectivity index (χ4v) is 4.09. The molecule has 0 saturated carbocycles. The van der Waals surface area contributed by atoms with Crippen molar-refractivity contribution >= 4 is 26.8 Å². The van der Waals surface area contributed by atoms with Crippen molar-refractivity contribution in [2.24, 2.45) is 0 Å². The Labute approximate surface area is 146 Å². The van der Waals surface area contributed by atoms with E-state index in [1.807, 2.05) is 30.3 Å². The molecule has 0 spiro atoms. The average Bonchev–Trinajstić information content (AvgIpc) is 3.18. The number of para-hydroxylation sites is 2. The third-order valence-corrected chi connectivity index (χ3v) is 6.30. The standard InChI is InChI=1S/C18H19N3O3S/c1-20(2)25(22,23)14-7-8-16-13(11-14)9-10-21(16)12-18-19-15-5-3-4-6-17(15)24-18/h3-8,11H,9-10,12H2,1-2H3. The van der Waals surface area contributed by atoms with E-state index in [0.29, 0.717) is 17.3 Å². The molecule has 0 fully saturated rings. The quantitative estimate of drug-likeness (QED) is 0.718. The normalized spacial score (nSPS) is 14.4. The van der Waals surface area contributed by atoms with Crippen molar-refractivity contribution < 1.29 is 12.8 Å². The van der Waals surface area contributed by atoms with E-state index in [-0.39, 0.29) is 0 Å². The first-order valence-corrected chi connectivity index (χ1v) is 9.54. The lowest BCUT2D eigenvalue weighted by Gasteiger charge is -2.18. The Morgan fingerprint density at radius 1 is 1.20 bits per heavy atom. The van der Waals surface area contributed by atoms with Crippen LogP contribution in [0.2, 0.25) is 0 Å². The monoisotopic (exact) mass is 357 g/mol. The van der Waals surface area contributed by atoms with Crippen molar-refractivity contribution in [3.63, 3.8) is 0 Å². The number of hydrogen-bond acceptors (Lipinski definition) is 5. The molecule has 130 valence electrons. The lowest BCUT2D eigenvalue weighted by Crippen LogP contribution is -2.22. The van der Waals surface area contributed by atoms with Crippen LogP contribution in [0.4, 0.5) is 5.69 Å². The number of oxazole rings is 1. The maximum absolute atomic E-state index is 12.3. The van der Waals surface area contributed by atoms with Gasteiger partial charge < -0.3 is 9.32 Å². The number of nitrogens with zero attached hydrogens (tertiary/aromatic N) is 3. The third-order valence-electron chi connectivity index (χ3n) is 4.49. The smallest absolute Gasteiger partial charge is 0.242 e. The summed E-state index contributed by atoms with van der Waals surface area (Å²) < 4.78 is 31.6. The number of fused-ring (bicyclic) bond motifs is 2. The molecular formula is C18H19N3O3S. The molecule has 7 heteroatoms. The highest BCUT2D eigenvalue weighted by Crippen LogP contribution is 2.32. The van der Waals surface area contributed by atoms with Gasteiger partial charge in [0.15, 0.2) is 5.58 Å². The van der Waals surface area contributed by atoms with Crippen LogP contribution in [0.1, 0.15) is 11.5 Å². The second-order valence-electron chi connectivity index (χ2n) is 6.32. The fraction of sp³-hybridized carbons (Fsp3) is 0.278. The van der Waals surface area contributed by atoms with Crippen molar-refractivity contribution in [2.45, 2.75) is 17.9 Å². The van der Waals surface area contributed by atoms with Crippen LogP contribution in [0.5, 0.6) is 0 Å². The van der Waals surface area contributed by atoms with Crippen LogP contribution in [0.25, 0.3) is 11.1 Å². The number of anilines is 1. The summed E-state index contributed by atoms with van der Waals surface area (Å²) in [5, 5.41) is 0. The van der Waals surface area contributed by atoms with Crippen LogP contribution in [0.3, 0.4) is 0 Å². The van der Waals surface area contributed by atoms with Crippen LogP contribution < -0.4 is 4.90 Å². The molecule has 0 N–H and O–H groups in total. The molecule has 3 aromatic rings. The topological polar surface area (TPSA) is 66.7 Å².